The summed E-state index contributed by atoms with van der Waals surface area (Å²) in [5.41, 5.74) is 6.56. The summed E-state index contributed by atoms with van der Waals surface area (Å²) >= 11 is 0. The van der Waals surface area contributed by atoms with E-state index in [1.165, 1.54) is 63.1 Å². The van der Waals surface area contributed by atoms with E-state index in [1.54, 1.807) is 11.1 Å². The van der Waals surface area contributed by atoms with Crippen molar-refractivity contribution < 1.29 is 0 Å². The first-order valence-electron chi connectivity index (χ1n) is 10.1. The summed E-state index contributed by atoms with van der Waals surface area (Å²) in [7, 11) is 0. The second-order valence-corrected chi connectivity index (χ2v) is 9.19. The number of aryl methyl sites for hydroxylation is 1. The Balaban J connectivity index is 1.77. The lowest BCUT2D eigenvalue weighted by atomic mass is 9.72. The molecule has 0 aromatic heterocycles. The van der Waals surface area contributed by atoms with Gasteiger partial charge in [0, 0.05) is 38.8 Å². The summed E-state index contributed by atoms with van der Waals surface area (Å²) in [4.78, 5) is 5.29. The number of hydrogen-bond donors (Lipinski definition) is 0. The van der Waals surface area contributed by atoms with Crippen LogP contribution in [0, 0.1) is 12.3 Å². The van der Waals surface area contributed by atoms with Gasteiger partial charge in [-0.1, -0.05) is 49.2 Å². The average molecular weight is 341 g/mol. The van der Waals surface area contributed by atoms with Crippen LogP contribution in [0.15, 0.2) is 29.8 Å². The van der Waals surface area contributed by atoms with Crippen molar-refractivity contribution >= 4 is 5.57 Å². The van der Waals surface area contributed by atoms with Crippen LogP contribution in [0.3, 0.4) is 0 Å². The lowest BCUT2D eigenvalue weighted by molar-refractivity contribution is 0.114. The third-order valence-electron chi connectivity index (χ3n) is 6.14. The summed E-state index contributed by atoms with van der Waals surface area (Å²) in [6.45, 7) is 17.7. The highest BCUT2D eigenvalue weighted by atomic mass is 15.3. The fourth-order valence-corrected chi connectivity index (χ4v) is 4.28. The number of hydrogen-bond acceptors (Lipinski definition) is 2. The number of allylic oxidation sites excluding steroid dienone is 1. The van der Waals surface area contributed by atoms with Crippen LogP contribution in [0.5, 0.6) is 0 Å². The average Bonchev–Trinajstić information content (AvgIpc) is 2.57. The van der Waals surface area contributed by atoms with Crippen molar-refractivity contribution in [1.29, 1.82) is 0 Å². The number of piperazine rings is 1. The van der Waals surface area contributed by atoms with Crippen LogP contribution in [-0.4, -0.2) is 48.6 Å². The van der Waals surface area contributed by atoms with Gasteiger partial charge in [-0.2, -0.15) is 0 Å². The molecule has 1 aliphatic carbocycles. The third kappa shape index (κ3) is 4.74. The summed E-state index contributed by atoms with van der Waals surface area (Å²) in [6, 6.07) is 9.89. The molecule has 0 radical (unpaired) electrons. The predicted molar refractivity (Wildman–Crippen MR) is 109 cm³/mol. The van der Waals surface area contributed by atoms with Gasteiger partial charge < -0.3 is 0 Å². The fourth-order valence-electron chi connectivity index (χ4n) is 4.28. The first-order chi connectivity index (χ1) is 11.8. The zero-order chi connectivity index (χ0) is 18.0. The van der Waals surface area contributed by atoms with Gasteiger partial charge in [-0.15, -0.1) is 0 Å². The molecule has 0 spiro atoms. The first-order valence-corrected chi connectivity index (χ1v) is 10.1. The van der Waals surface area contributed by atoms with E-state index in [0.717, 1.165) is 0 Å². The lowest BCUT2D eigenvalue weighted by Gasteiger charge is -2.39. The minimum atomic E-state index is 0.431. The minimum absolute atomic E-state index is 0.431. The first kappa shape index (κ1) is 18.7. The summed E-state index contributed by atoms with van der Waals surface area (Å²) in [5.74, 6) is 0. The number of nitrogens with zero attached hydrogens (tertiary/aromatic N) is 2. The molecule has 0 bridgehead atoms. The van der Waals surface area contributed by atoms with Gasteiger partial charge in [-0.25, -0.2) is 0 Å². The van der Waals surface area contributed by atoms with Gasteiger partial charge in [0.05, 0.1) is 0 Å². The van der Waals surface area contributed by atoms with E-state index in [0.29, 0.717) is 11.5 Å². The molecule has 0 amide bonds. The predicted octanol–water partition coefficient (Wildman–Crippen LogP) is 4.98. The van der Waals surface area contributed by atoms with Crippen molar-refractivity contribution in [3.8, 4) is 0 Å². The maximum Gasteiger partial charge on any atom is 0.0200 e. The van der Waals surface area contributed by atoms with Gasteiger partial charge in [0.15, 0.2) is 0 Å². The Hall–Kier alpha value is -1.12. The normalized spacial score (nSPS) is 22.6. The molecular formula is C23H36N2. The molecule has 1 aliphatic heterocycles. The van der Waals surface area contributed by atoms with Crippen LogP contribution >= 0.6 is 0 Å². The van der Waals surface area contributed by atoms with E-state index in [2.05, 4.69) is 68.7 Å². The lowest BCUT2D eigenvalue weighted by Crippen LogP contribution is -2.49. The van der Waals surface area contributed by atoms with Gasteiger partial charge in [-0.05, 0) is 56.6 Å². The van der Waals surface area contributed by atoms with Crippen LogP contribution in [0.25, 0.3) is 5.57 Å². The van der Waals surface area contributed by atoms with Crippen LogP contribution in [0.4, 0.5) is 0 Å². The largest absolute Gasteiger partial charge is 0.298 e. The molecule has 3 rings (SSSR count). The van der Waals surface area contributed by atoms with Gasteiger partial charge >= 0.3 is 0 Å². The summed E-state index contributed by atoms with van der Waals surface area (Å²) in [5, 5.41) is 0. The molecule has 138 valence electrons. The van der Waals surface area contributed by atoms with Crippen molar-refractivity contribution in [3.05, 3.63) is 41.0 Å². The van der Waals surface area contributed by atoms with Gasteiger partial charge in [-0.3, -0.25) is 9.80 Å². The molecule has 25 heavy (non-hydrogen) atoms. The molecular weight excluding hydrogens is 304 g/mol. The number of rotatable bonds is 4. The Morgan fingerprint density at radius 2 is 1.64 bits per heavy atom. The van der Waals surface area contributed by atoms with Gasteiger partial charge in [0.1, 0.15) is 0 Å². The SMILES string of the molecule is Cc1ccc(C2=C(CN3CCN(C(C)C)CC3)CCC(C)(C)C2)cc1. The van der Waals surface area contributed by atoms with Crippen LogP contribution in [-0.2, 0) is 0 Å². The molecule has 2 aliphatic rings. The summed E-state index contributed by atoms with van der Waals surface area (Å²) < 4.78 is 0. The van der Waals surface area contributed by atoms with Crippen LogP contribution in [0.2, 0.25) is 0 Å². The monoisotopic (exact) mass is 340 g/mol. The van der Waals surface area contributed by atoms with Crippen LogP contribution in [0.1, 0.15) is 58.1 Å². The van der Waals surface area contributed by atoms with E-state index in [9.17, 15) is 0 Å². The van der Waals surface area contributed by atoms with Crippen molar-refractivity contribution in [2.24, 2.45) is 5.41 Å². The van der Waals surface area contributed by atoms with E-state index in [-0.39, 0.29) is 0 Å². The van der Waals surface area contributed by atoms with Crippen molar-refractivity contribution in [1.82, 2.24) is 9.80 Å². The van der Waals surface area contributed by atoms with Crippen molar-refractivity contribution in [2.75, 3.05) is 32.7 Å². The highest BCUT2D eigenvalue weighted by Gasteiger charge is 2.29. The highest BCUT2D eigenvalue weighted by molar-refractivity contribution is 5.70. The maximum absolute atomic E-state index is 2.68. The van der Waals surface area contributed by atoms with Crippen molar-refractivity contribution in [2.45, 2.75) is 59.9 Å². The standard InChI is InChI=1S/C23H36N2/c1-18(2)25-14-12-24(13-15-25)17-21-10-11-23(4,5)16-22(21)20-8-6-19(3)7-9-20/h6-9,18H,10-17H2,1-5H3. The molecule has 2 heteroatoms. The molecule has 1 fully saturated rings. The molecule has 1 heterocycles. The molecule has 1 aromatic rings. The smallest absolute Gasteiger partial charge is 0.0200 e. The quantitative estimate of drug-likeness (QED) is 0.762. The fraction of sp³-hybridized carbons (Fsp3) is 0.652. The zero-order valence-corrected chi connectivity index (χ0v) is 16.9. The minimum Gasteiger partial charge on any atom is -0.298 e. The van der Waals surface area contributed by atoms with Gasteiger partial charge in [0.25, 0.3) is 0 Å². The second kappa shape index (κ2) is 7.63. The molecule has 0 atom stereocenters. The Labute approximate surface area is 154 Å². The molecule has 0 unspecified atom stereocenters. The Kier molecular flexibility index (Phi) is 5.70. The van der Waals surface area contributed by atoms with Gasteiger partial charge in [0.2, 0.25) is 0 Å². The Morgan fingerprint density at radius 1 is 1.00 bits per heavy atom. The zero-order valence-electron chi connectivity index (χ0n) is 16.9. The molecule has 1 aromatic carbocycles. The van der Waals surface area contributed by atoms with E-state index in [1.807, 2.05) is 0 Å². The van der Waals surface area contributed by atoms with Crippen molar-refractivity contribution in [3.63, 3.8) is 0 Å². The highest BCUT2D eigenvalue weighted by Crippen LogP contribution is 2.43. The number of benzene rings is 1. The molecule has 0 saturated carbocycles. The maximum atomic E-state index is 2.68. The second-order valence-electron chi connectivity index (χ2n) is 9.19. The molecule has 2 nitrogen and oxygen atoms in total. The van der Waals surface area contributed by atoms with E-state index in [4.69, 9.17) is 0 Å². The molecule has 1 saturated heterocycles. The third-order valence-corrected chi connectivity index (χ3v) is 6.14. The summed E-state index contributed by atoms with van der Waals surface area (Å²) in [6.07, 6.45) is 3.81. The topological polar surface area (TPSA) is 6.48 Å². The molecule has 0 N–H and O–H groups in total. The Morgan fingerprint density at radius 3 is 2.24 bits per heavy atom. The Bertz CT molecular complexity index is 601. The van der Waals surface area contributed by atoms with Crippen LogP contribution < -0.4 is 0 Å². The van der Waals surface area contributed by atoms with E-state index < -0.39 is 0 Å². The van der Waals surface area contributed by atoms with E-state index >= 15 is 0 Å².